The predicted octanol–water partition coefficient (Wildman–Crippen LogP) is 2.84. The van der Waals surface area contributed by atoms with Crippen molar-refractivity contribution in [2.45, 2.75) is 45.4 Å². The van der Waals surface area contributed by atoms with E-state index in [0.29, 0.717) is 0 Å². The first kappa shape index (κ1) is 12.9. The van der Waals surface area contributed by atoms with Crippen molar-refractivity contribution in [1.29, 1.82) is 0 Å². The molecule has 0 aromatic carbocycles. The summed E-state index contributed by atoms with van der Waals surface area (Å²) >= 11 is 0. The highest BCUT2D eigenvalue weighted by Crippen LogP contribution is 2.53. The van der Waals surface area contributed by atoms with Crippen molar-refractivity contribution in [1.82, 2.24) is 9.80 Å². The summed E-state index contributed by atoms with van der Waals surface area (Å²) in [5.41, 5.74) is 0.781. The Kier molecular flexibility index (Phi) is 3.68. The Morgan fingerprint density at radius 3 is 2.11 bits per heavy atom. The monoisotopic (exact) mass is 250 g/mol. The number of nitrogens with zero attached hydrogens (tertiary/aromatic N) is 2. The summed E-state index contributed by atoms with van der Waals surface area (Å²) in [7, 11) is 2.26. The first-order valence-corrected chi connectivity index (χ1v) is 8.09. The number of hydrogen-bond donors (Lipinski definition) is 0. The molecule has 1 saturated carbocycles. The van der Waals surface area contributed by atoms with Gasteiger partial charge < -0.3 is 9.80 Å². The van der Waals surface area contributed by atoms with Crippen molar-refractivity contribution in [3.05, 3.63) is 0 Å². The Labute approximate surface area is 113 Å². The molecule has 3 aliphatic rings. The third-order valence-corrected chi connectivity index (χ3v) is 6.33. The summed E-state index contributed by atoms with van der Waals surface area (Å²) in [6.45, 7) is 9.28. The summed E-state index contributed by atoms with van der Waals surface area (Å²) in [5, 5.41) is 0. The van der Waals surface area contributed by atoms with Gasteiger partial charge in [-0.05, 0) is 89.0 Å². The fourth-order valence-corrected chi connectivity index (χ4v) is 4.37. The topological polar surface area (TPSA) is 6.48 Å². The van der Waals surface area contributed by atoms with Gasteiger partial charge in [-0.2, -0.15) is 0 Å². The first-order valence-electron chi connectivity index (χ1n) is 8.09. The van der Waals surface area contributed by atoms with Crippen molar-refractivity contribution < 1.29 is 0 Å². The summed E-state index contributed by atoms with van der Waals surface area (Å²) in [4.78, 5) is 5.25. The van der Waals surface area contributed by atoms with Crippen LogP contribution in [0.5, 0.6) is 0 Å². The van der Waals surface area contributed by atoms with Gasteiger partial charge in [-0.15, -0.1) is 0 Å². The number of rotatable bonds is 2. The van der Waals surface area contributed by atoms with Crippen LogP contribution in [0.25, 0.3) is 0 Å². The second kappa shape index (κ2) is 5.13. The molecule has 1 aliphatic carbocycles. The zero-order valence-electron chi connectivity index (χ0n) is 12.3. The maximum absolute atomic E-state index is 2.77. The van der Waals surface area contributed by atoms with E-state index in [1.165, 1.54) is 71.2 Å². The summed E-state index contributed by atoms with van der Waals surface area (Å²) in [6, 6.07) is 0. The van der Waals surface area contributed by atoms with E-state index < -0.39 is 0 Å². The van der Waals surface area contributed by atoms with Crippen molar-refractivity contribution in [3.8, 4) is 0 Å². The fraction of sp³-hybridized carbons (Fsp3) is 1.00. The Bertz CT molecular complexity index is 273. The molecule has 2 aliphatic heterocycles. The predicted molar refractivity (Wildman–Crippen MR) is 76.7 cm³/mol. The molecule has 0 radical (unpaired) electrons. The van der Waals surface area contributed by atoms with Gasteiger partial charge in [0.2, 0.25) is 0 Å². The molecule has 0 aromatic rings. The van der Waals surface area contributed by atoms with E-state index >= 15 is 0 Å². The molecule has 1 atom stereocenters. The highest BCUT2D eigenvalue weighted by Gasteiger charge is 2.45. The second-order valence-electron chi connectivity index (χ2n) is 7.35. The van der Waals surface area contributed by atoms with Gasteiger partial charge >= 0.3 is 0 Å². The van der Waals surface area contributed by atoms with Gasteiger partial charge in [0.1, 0.15) is 0 Å². The lowest BCUT2D eigenvalue weighted by molar-refractivity contribution is -0.0290. The molecule has 2 saturated heterocycles. The van der Waals surface area contributed by atoms with Crippen LogP contribution in [-0.2, 0) is 0 Å². The largest absolute Gasteiger partial charge is 0.306 e. The quantitative estimate of drug-likeness (QED) is 0.743. The van der Waals surface area contributed by atoms with Crippen LogP contribution in [0.15, 0.2) is 0 Å². The number of hydrogen-bond acceptors (Lipinski definition) is 2. The van der Waals surface area contributed by atoms with Crippen molar-refractivity contribution in [2.24, 2.45) is 17.3 Å². The Morgan fingerprint density at radius 1 is 0.944 bits per heavy atom. The van der Waals surface area contributed by atoms with Gasteiger partial charge in [0.05, 0.1) is 0 Å². The Morgan fingerprint density at radius 2 is 1.61 bits per heavy atom. The highest BCUT2D eigenvalue weighted by molar-refractivity contribution is 4.97. The molecular weight excluding hydrogens is 220 g/mol. The van der Waals surface area contributed by atoms with Crippen LogP contribution in [0.2, 0.25) is 0 Å². The normalized spacial score (nSPS) is 34.7. The SMILES string of the molecule is CC1CCC12CCN(CC1CCN(C)CC1)CC2. The summed E-state index contributed by atoms with van der Waals surface area (Å²) in [6.07, 6.45) is 8.84. The smallest absolute Gasteiger partial charge is 0.00106 e. The van der Waals surface area contributed by atoms with E-state index in [9.17, 15) is 0 Å². The zero-order chi connectivity index (χ0) is 12.6. The lowest BCUT2D eigenvalue weighted by Gasteiger charge is -2.53. The molecule has 2 heterocycles. The van der Waals surface area contributed by atoms with Crippen molar-refractivity contribution in [2.75, 3.05) is 39.8 Å². The molecule has 0 amide bonds. The standard InChI is InChI=1S/C16H30N2/c1-14-3-6-16(14)7-11-18(12-8-16)13-15-4-9-17(2)10-5-15/h14-15H,3-13H2,1-2H3. The molecule has 2 nitrogen and oxygen atoms in total. The van der Waals surface area contributed by atoms with Crippen LogP contribution in [0.3, 0.4) is 0 Å². The first-order chi connectivity index (χ1) is 8.68. The molecule has 18 heavy (non-hydrogen) atoms. The van der Waals surface area contributed by atoms with Gasteiger partial charge in [-0.1, -0.05) is 6.92 Å². The maximum atomic E-state index is 2.77. The molecular formula is C16H30N2. The van der Waals surface area contributed by atoms with E-state index in [4.69, 9.17) is 0 Å². The molecule has 3 rings (SSSR count). The summed E-state index contributed by atoms with van der Waals surface area (Å²) in [5.74, 6) is 2.00. The molecule has 1 unspecified atom stereocenters. The third kappa shape index (κ3) is 2.46. The van der Waals surface area contributed by atoms with E-state index in [1.807, 2.05) is 0 Å². The third-order valence-electron chi connectivity index (χ3n) is 6.33. The average molecular weight is 250 g/mol. The lowest BCUT2D eigenvalue weighted by Crippen LogP contribution is -2.49. The molecule has 2 heteroatoms. The zero-order valence-corrected chi connectivity index (χ0v) is 12.3. The van der Waals surface area contributed by atoms with E-state index in [-0.39, 0.29) is 0 Å². The average Bonchev–Trinajstić information content (AvgIpc) is 2.41. The lowest BCUT2D eigenvalue weighted by atomic mass is 9.56. The van der Waals surface area contributed by atoms with Crippen LogP contribution < -0.4 is 0 Å². The fourth-order valence-electron chi connectivity index (χ4n) is 4.37. The van der Waals surface area contributed by atoms with Crippen molar-refractivity contribution in [3.63, 3.8) is 0 Å². The molecule has 0 N–H and O–H groups in total. The minimum absolute atomic E-state index is 0.781. The maximum Gasteiger partial charge on any atom is 0.00106 e. The molecule has 3 fully saturated rings. The molecule has 1 spiro atoms. The van der Waals surface area contributed by atoms with Crippen LogP contribution >= 0.6 is 0 Å². The van der Waals surface area contributed by atoms with E-state index in [0.717, 1.165) is 17.3 Å². The van der Waals surface area contributed by atoms with Gasteiger partial charge in [-0.3, -0.25) is 0 Å². The van der Waals surface area contributed by atoms with Crippen LogP contribution in [0.4, 0.5) is 0 Å². The minimum Gasteiger partial charge on any atom is -0.306 e. The second-order valence-corrected chi connectivity index (χ2v) is 7.35. The van der Waals surface area contributed by atoms with E-state index in [2.05, 4.69) is 23.8 Å². The van der Waals surface area contributed by atoms with Crippen LogP contribution in [-0.4, -0.2) is 49.6 Å². The van der Waals surface area contributed by atoms with Crippen LogP contribution in [0.1, 0.15) is 45.4 Å². The summed E-state index contributed by atoms with van der Waals surface area (Å²) < 4.78 is 0. The highest BCUT2D eigenvalue weighted by atomic mass is 15.1. The molecule has 104 valence electrons. The molecule has 0 bridgehead atoms. The Balaban J connectivity index is 1.43. The van der Waals surface area contributed by atoms with E-state index in [1.54, 1.807) is 0 Å². The van der Waals surface area contributed by atoms with Crippen molar-refractivity contribution >= 4 is 0 Å². The van der Waals surface area contributed by atoms with Gasteiger partial charge in [0, 0.05) is 6.54 Å². The Hall–Kier alpha value is -0.0800. The van der Waals surface area contributed by atoms with Gasteiger partial charge in [0.25, 0.3) is 0 Å². The number of likely N-dealkylation sites (tertiary alicyclic amines) is 2. The van der Waals surface area contributed by atoms with Gasteiger partial charge in [-0.25, -0.2) is 0 Å². The van der Waals surface area contributed by atoms with Gasteiger partial charge in [0.15, 0.2) is 0 Å². The molecule has 0 aromatic heterocycles. The minimum atomic E-state index is 0.781. The van der Waals surface area contributed by atoms with Crippen LogP contribution in [0, 0.1) is 17.3 Å². The number of piperidine rings is 2.